The Balaban J connectivity index is 1.74. The fourth-order valence-corrected chi connectivity index (χ4v) is 2.77. The lowest BCUT2D eigenvalue weighted by molar-refractivity contribution is 0.101. The highest BCUT2D eigenvalue weighted by Crippen LogP contribution is 2.22. The van der Waals surface area contributed by atoms with Crippen LogP contribution in [0.15, 0.2) is 66.7 Å². The van der Waals surface area contributed by atoms with Crippen LogP contribution in [0, 0.1) is 6.07 Å². The summed E-state index contributed by atoms with van der Waals surface area (Å²) in [4.78, 5) is 24.7. The van der Waals surface area contributed by atoms with Gasteiger partial charge in [0.15, 0.2) is 0 Å². The van der Waals surface area contributed by atoms with Gasteiger partial charge in [-0.25, -0.2) is 0 Å². The van der Waals surface area contributed by atoms with Crippen LogP contribution in [-0.4, -0.2) is 11.8 Å². The van der Waals surface area contributed by atoms with Crippen molar-refractivity contribution in [2.45, 2.75) is 0 Å². The Bertz CT molecular complexity index is 959. The second-order valence-corrected chi connectivity index (χ2v) is 6.25. The van der Waals surface area contributed by atoms with Crippen LogP contribution in [0.1, 0.15) is 20.7 Å². The molecule has 6 heteroatoms. The van der Waals surface area contributed by atoms with Crippen molar-refractivity contribution in [2.24, 2.45) is 0 Å². The van der Waals surface area contributed by atoms with Crippen molar-refractivity contribution in [3.05, 3.63) is 94.0 Å². The Hall–Kier alpha value is -2.82. The van der Waals surface area contributed by atoms with Gasteiger partial charge in [-0.05, 0) is 54.6 Å². The molecule has 0 aliphatic rings. The molecular formula is C20H13Cl2N2O2. The van der Waals surface area contributed by atoms with Crippen molar-refractivity contribution < 1.29 is 9.59 Å². The minimum Gasteiger partial charge on any atom is -0.322 e. The highest BCUT2D eigenvalue weighted by atomic mass is 35.5. The minimum atomic E-state index is -0.402. The van der Waals surface area contributed by atoms with Crippen LogP contribution in [0.4, 0.5) is 11.4 Å². The van der Waals surface area contributed by atoms with E-state index >= 15 is 0 Å². The Morgan fingerprint density at radius 3 is 2.27 bits per heavy atom. The van der Waals surface area contributed by atoms with Crippen molar-refractivity contribution in [3.63, 3.8) is 0 Å². The molecule has 0 aliphatic carbocycles. The molecule has 0 saturated heterocycles. The smallest absolute Gasteiger partial charge is 0.257 e. The Labute approximate surface area is 160 Å². The number of hydrogen-bond acceptors (Lipinski definition) is 2. The summed E-state index contributed by atoms with van der Waals surface area (Å²) in [5.41, 5.74) is 1.77. The summed E-state index contributed by atoms with van der Waals surface area (Å²) < 4.78 is 0. The summed E-state index contributed by atoms with van der Waals surface area (Å²) in [7, 11) is 0. The van der Waals surface area contributed by atoms with Crippen molar-refractivity contribution in [1.82, 2.24) is 0 Å². The van der Waals surface area contributed by atoms with Crippen LogP contribution in [-0.2, 0) is 0 Å². The van der Waals surface area contributed by atoms with Crippen LogP contribution < -0.4 is 10.6 Å². The fourth-order valence-electron chi connectivity index (χ4n) is 2.27. The maximum Gasteiger partial charge on any atom is 0.257 e. The van der Waals surface area contributed by atoms with Gasteiger partial charge in [-0.3, -0.25) is 9.59 Å². The first kappa shape index (κ1) is 18.0. The van der Waals surface area contributed by atoms with Gasteiger partial charge in [0.25, 0.3) is 11.8 Å². The van der Waals surface area contributed by atoms with Crippen LogP contribution in [0.2, 0.25) is 10.0 Å². The molecule has 0 aliphatic heterocycles. The number of rotatable bonds is 4. The molecule has 3 rings (SSSR count). The third-order valence-electron chi connectivity index (χ3n) is 3.52. The summed E-state index contributed by atoms with van der Waals surface area (Å²) in [6.07, 6.45) is 0. The number of benzene rings is 3. The number of carbonyl (C=O) groups is 2. The molecule has 0 bridgehead atoms. The first-order chi connectivity index (χ1) is 12.5. The average Bonchev–Trinajstić information content (AvgIpc) is 2.62. The Kier molecular flexibility index (Phi) is 5.56. The second-order valence-electron chi connectivity index (χ2n) is 5.41. The average molecular weight is 384 g/mol. The van der Waals surface area contributed by atoms with Crippen molar-refractivity contribution in [3.8, 4) is 0 Å². The van der Waals surface area contributed by atoms with E-state index in [4.69, 9.17) is 23.2 Å². The van der Waals surface area contributed by atoms with E-state index < -0.39 is 5.91 Å². The van der Waals surface area contributed by atoms with Gasteiger partial charge in [0, 0.05) is 22.0 Å². The van der Waals surface area contributed by atoms with Crippen LogP contribution in [0.25, 0.3) is 0 Å². The monoisotopic (exact) mass is 383 g/mol. The molecule has 4 nitrogen and oxygen atoms in total. The molecule has 0 atom stereocenters. The van der Waals surface area contributed by atoms with Gasteiger partial charge in [0.2, 0.25) is 0 Å². The van der Waals surface area contributed by atoms with E-state index in [0.29, 0.717) is 22.0 Å². The normalized spacial score (nSPS) is 10.2. The zero-order valence-corrected chi connectivity index (χ0v) is 14.9. The summed E-state index contributed by atoms with van der Waals surface area (Å²) in [6.45, 7) is 0. The topological polar surface area (TPSA) is 58.2 Å². The van der Waals surface area contributed by atoms with E-state index in [1.807, 2.05) is 18.2 Å². The highest BCUT2D eigenvalue weighted by molar-refractivity contribution is 6.37. The van der Waals surface area contributed by atoms with Gasteiger partial charge in [0.05, 0.1) is 10.6 Å². The molecule has 0 spiro atoms. The maximum atomic E-state index is 12.4. The number of hydrogen-bond donors (Lipinski definition) is 2. The quantitative estimate of drug-likeness (QED) is 0.642. The second kappa shape index (κ2) is 8.04. The van der Waals surface area contributed by atoms with Gasteiger partial charge in [-0.2, -0.15) is 0 Å². The molecule has 129 valence electrons. The van der Waals surface area contributed by atoms with E-state index in [2.05, 4.69) is 16.7 Å². The largest absolute Gasteiger partial charge is 0.322 e. The molecule has 0 heterocycles. The molecule has 2 N–H and O–H groups in total. The van der Waals surface area contributed by atoms with Gasteiger partial charge in [-0.15, -0.1) is 0 Å². The molecule has 0 saturated carbocycles. The summed E-state index contributed by atoms with van der Waals surface area (Å²) in [5, 5.41) is 6.17. The van der Waals surface area contributed by atoms with Crippen LogP contribution >= 0.6 is 23.2 Å². The predicted molar refractivity (Wildman–Crippen MR) is 104 cm³/mol. The highest BCUT2D eigenvalue weighted by Gasteiger charge is 2.12. The summed E-state index contributed by atoms with van der Waals surface area (Å²) in [5.74, 6) is -0.700. The molecular weight excluding hydrogens is 371 g/mol. The minimum absolute atomic E-state index is 0.247. The van der Waals surface area contributed by atoms with E-state index in [0.717, 1.165) is 0 Å². The van der Waals surface area contributed by atoms with Gasteiger partial charge >= 0.3 is 0 Å². The van der Waals surface area contributed by atoms with Crippen LogP contribution in [0.3, 0.4) is 0 Å². The molecule has 2 amide bonds. The summed E-state index contributed by atoms with van der Waals surface area (Å²) in [6, 6.07) is 21.2. The third kappa shape index (κ3) is 4.42. The molecule has 26 heavy (non-hydrogen) atoms. The zero-order chi connectivity index (χ0) is 18.5. The van der Waals surface area contributed by atoms with E-state index in [1.165, 1.54) is 12.1 Å². The van der Waals surface area contributed by atoms with E-state index in [1.54, 1.807) is 36.4 Å². The number of para-hydroxylation sites is 1. The molecule has 0 unspecified atom stereocenters. The standard InChI is InChI=1S/C20H13Cl2N2O2/c21-14-9-10-17(18(22)12-14)20(26)24-16-8-4-5-13(11-16)19(25)23-15-6-2-1-3-7-15/h1-3,5-12H,(H,23,25)(H,24,26). The molecule has 0 aromatic heterocycles. The zero-order valence-electron chi connectivity index (χ0n) is 13.4. The first-order valence-corrected chi connectivity index (χ1v) is 8.42. The first-order valence-electron chi connectivity index (χ1n) is 7.67. The van der Waals surface area contributed by atoms with Crippen molar-refractivity contribution >= 4 is 46.4 Å². The van der Waals surface area contributed by atoms with Gasteiger partial charge in [0.1, 0.15) is 0 Å². The van der Waals surface area contributed by atoms with Gasteiger partial charge < -0.3 is 10.6 Å². The maximum absolute atomic E-state index is 12.4. The molecule has 3 aromatic carbocycles. The number of nitrogens with one attached hydrogen (secondary N) is 2. The lowest BCUT2D eigenvalue weighted by Gasteiger charge is -2.09. The summed E-state index contributed by atoms with van der Waals surface area (Å²) >= 11 is 11.9. The predicted octanol–water partition coefficient (Wildman–Crippen LogP) is 5.30. The number of amides is 2. The number of halogens is 2. The Morgan fingerprint density at radius 1 is 0.808 bits per heavy atom. The third-order valence-corrected chi connectivity index (χ3v) is 4.06. The Morgan fingerprint density at radius 2 is 1.54 bits per heavy atom. The number of carbonyl (C=O) groups excluding carboxylic acids is 2. The molecule has 3 aromatic rings. The van der Waals surface area contributed by atoms with Crippen molar-refractivity contribution in [1.29, 1.82) is 0 Å². The van der Waals surface area contributed by atoms with E-state index in [9.17, 15) is 9.59 Å². The SMILES string of the molecule is O=C(Nc1ccccc1)c1c[c]cc(NC(=O)c2ccc(Cl)cc2Cl)c1. The fraction of sp³-hybridized carbons (Fsp3) is 0. The van der Waals surface area contributed by atoms with E-state index in [-0.39, 0.29) is 16.5 Å². The van der Waals surface area contributed by atoms with Crippen LogP contribution in [0.5, 0.6) is 0 Å². The molecule has 0 fully saturated rings. The van der Waals surface area contributed by atoms with Crippen molar-refractivity contribution in [2.75, 3.05) is 10.6 Å². The molecule has 1 radical (unpaired) electrons. The lowest BCUT2D eigenvalue weighted by atomic mass is 10.1. The number of anilines is 2. The van der Waals surface area contributed by atoms with Gasteiger partial charge in [-0.1, -0.05) is 41.4 Å². The lowest BCUT2D eigenvalue weighted by Crippen LogP contribution is -2.15.